The molecule has 0 unspecified atom stereocenters. The normalized spacial score (nSPS) is 10.2. The first kappa shape index (κ1) is 13.8. The van der Waals surface area contributed by atoms with Crippen molar-refractivity contribution in [2.75, 3.05) is 12.0 Å². The van der Waals surface area contributed by atoms with E-state index in [9.17, 15) is 23.7 Å². The highest BCUT2D eigenvalue weighted by Crippen LogP contribution is 2.24. The maximum Gasteiger partial charge on any atom is 0.293 e. The van der Waals surface area contributed by atoms with Crippen LogP contribution in [0.15, 0.2) is 18.2 Å². The zero-order chi connectivity index (χ0) is 13.7. The molecule has 0 aromatic heterocycles. The minimum Gasteiger partial charge on any atom is -0.346 e. The molecular formula is C9H10F2N4O3. The number of benzene rings is 1. The van der Waals surface area contributed by atoms with Crippen LogP contribution in [0.1, 0.15) is 10.4 Å². The summed E-state index contributed by atoms with van der Waals surface area (Å²) in [7, 11) is 0. The van der Waals surface area contributed by atoms with E-state index < -0.39 is 23.8 Å². The second kappa shape index (κ2) is 5.87. The lowest BCUT2D eigenvalue weighted by atomic mass is 10.1. The van der Waals surface area contributed by atoms with Crippen LogP contribution < -0.4 is 16.6 Å². The van der Waals surface area contributed by atoms with Crippen LogP contribution in [0, 0.1) is 10.1 Å². The van der Waals surface area contributed by atoms with E-state index in [1.807, 2.05) is 5.32 Å². The van der Waals surface area contributed by atoms with Gasteiger partial charge in [0, 0.05) is 11.6 Å². The molecule has 1 amide bonds. The third-order valence-corrected chi connectivity index (χ3v) is 2.03. The maximum absolute atomic E-state index is 11.9. The van der Waals surface area contributed by atoms with E-state index in [-0.39, 0.29) is 16.9 Å². The van der Waals surface area contributed by atoms with E-state index in [2.05, 4.69) is 5.43 Å². The number of nitro benzene ring substituents is 1. The topological polar surface area (TPSA) is 110 Å². The van der Waals surface area contributed by atoms with Crippen molar-refractivity contribution in [1.29, 1.82) is 0 Å². The van der Waals surface area contributed by atoms with E-state index >= 15 is 0 Å². The average Bonchev–Trinajstić information content (AvgIpc) is 2.34. The van der Waals surface area contributed by atoms with Crippen molar-refractivity contribution in [2.45, 2.75) is 6.43 Å². The Morgan fingerprint density at radius 3 is 2.67 bits per heavy atom. The lowest BCUT2D eigenvalue weighted by Crippen LogP contribution is -2.28. The molecule has 0 aliphatic heterocycles. The average molecular weight is 260 g/mol. The van der Waals surface area contributed by atoms with Crippen LogP contribution in [0.5, 0.6) is 0 Å². The van der Waals surface area contributed by atoms with E-state index in [4.69, 9.17) is 5.84 Å². The summed E-state index contributed by atoms with van der Waals surface area (Å²) in [6.07, 6.45) is -2.67. The van der Waals surface area contributed by atoms with Gasteiger partial charge in [-0.15, -0.1) is 0 Å². The fraction of sp³-hybridized carbons (Fsp3) is 0.222. The molecule has 1 aromatic carbocycles. The van der Waals surface area contributed by atoms with Crippen molar-refractivity contribution >= 4 is 17.3 Å². The van der Waals surface area contributed by atoms with Crippen molar-refractivity contribution in [2.24, 2.45) is 5.84 Å². The molecule has 9 heteroatoms. The molecule has 0 atom stereocenters. The van der Waals surface area contributed by atoms with Crippen LogP contribution in [0.3, 0.4) is 0 Å². The molecule has 18 heavy (non-hydrogen) atoms. The Balaban J connectivity index is 2.91. The Kier molecular flexibility index (Phi) is 4.49. The molecule has 7 nitrogen and oxygen atoms in total. The van der Waals surface area contributed by atoms with Gasteiger partial charge in [0.25, 0.3) is 18.0 Å². The van der Waals surface area contributed by atoms with Gasteiger partial charge in [0.1, 0.15) is 5.69 Å². The molecule has 0 heterocycles. The molecule has 0 saturated heterocycles. The fourth-order valence-electron chi connectivity index (χ4n) is 1.22. The molecule has 98 valence electrons. The Labute approximate surface area is 100 Å². The van der Waals surface area contributed by atoms with Crippen molar-refractivity contribution < 1.29 is 18.5 Å². The number of nitrogens with two attached hydrogens (primary N) is 1. The minimum atomic E-state index is -2.67. The summed E-state index contributed by atoms with van der Waals surface area (Å²) in [4.78, 5) is 21.3. The number of nitrogens with zero attached hydrogens (tertiary/aromatic N) is 1. The van der Waals surface area contributed by atoms with Gasteiger partial charge in [0.15, 0.2) is 0 Å². The molecule has 0 aliphatic carbocycles. The summed E-state index contributed by atoms with van der Waals surface area (Å²) in [5.41, 5.74) is 1.67. The lowest BCUT2D eigenvalue weighted by Gasteiger charge is -2.06. The summed E-state index contributed by atoms with van der Waals surface area (Å²) < 4.78 is 23.8. The predicted molar refractivity (Wildman–Crippen MR) is 59.2 cm³/mol. The van der Waals surface area contributed by atoms with Gasteiger partial charge in [-0.1, -0.05) is 0 Å². The summed E-state index contributed by atoms with van der Waals surface area (Å²) in [5, 5.41) is 12.6. The monoisotopic (exact) mass is 260 g/mol. The van der Waals surface area contributed by atoms with Gasteiger partial charge in [-0.3, -0.25) is 20.8 Å². The summed E-state index contributed by atoms with van der Waals surface area (Å²) >= 11 is 0. The SMILES string of the molecule is NNc1cc(C(=O)NCC(F)F)ccc1[N+](=O)[O-]. The summed E-state index contributed by atoms with van der Waals surface area (Å²) in [6.45, 7) is -0.790. The standard InChI is InChI=1S/C9H10F2N4O3/c10-8(11)4-13-9(16)5-1-2-7(15(17)18)6(3-5)14-12/h1-3,8,14H,4,12H2,(H,13,16). The number of nitrogens with one attached hydrogen (secondary N) is 2. The zero-order valence-corrected chi connectivity index (χ0v) is 9.02. The zero-order valence-electron chi connectivity index (χ0n) is 9.02. The van der Waals surface area contributed by atoms with Crippen LogP contribution in [-0.4, -0.2) is 23.8 Å². The smallest absolute Gasteiger partial charge is 0.293 e. The number of nitro groups is 1. The second-order valence-electron chi connectivity index (χ2n) is 3.23. The molecule has 0 bridgehead atoms. The molecule has 1 rings (SSSR count). The summed E-state index contributed by atoms with van der Waals surface area (Å²) in [5.74, 6) is 4.31. The van der Waals surface area contributed by atoms with Crippen LogP contribution in [0.25, 0.3) is 0 Å². The molecular weight excluding hydrogens is 250 g/mol. The van der Waals surface area contributed by atoms with Gasteiger partial charge in [0.2, 0.25) is 0 Å². The van der Waals surface area contributed by atoms with Crippen LogP contribution >= 0.6 is 0 Å². The maximum atomic E-state index is 11.9. The van der Waals surface area contributed by atoms with Gasteiger partial charge >= 0.3 is 0 Å². The number of hydrogen-bond donors (Lipinski definition) is 3. The molecule has 4 N–H and O–H groups in total. The largest absolute Gasteiger partial charge is 0.346 e. The number of hydrogen-bond acceptors (Lipinski definition) is 5. The highest BCUT2D eigenvalue weighted by atomic mass is 19.3. The van der Waals surface area contributed by atoms with Gasteiger partial charge in [0.05, 0.1) is 11.5 Å². The van der Waals surface area contributed by atoms with Gasteiger partial charge in [-0.05, 0) is 12.1 Å². The molecule has 0 aliphatic rings. The quantitative estimate of drug-likeness (QED) is 0.413. The van der Waals surface area contributed by atoms with E-state index in [1.165, 1.54) is 0 Å². The number of halogens is 2. The fourth-order valence-corrected chi connectivity index (χ4v) is 1.22. The Hall–Kier alpha value is -2.29. The van der Waals surface area contributed by atoms with Gasteiger partial charge in [-0.25, -0.2) is 8.78 Å². The third kappa shape index (κ3) is 3.35. The number of carbonyl (C=O) groups excluding carboxylic acids is 1. The minimum absolute atomic E-state index is 0.00537. The van der Waals surface area contributed by atoms with Gasteiger partial charge in [-0.2, -0.15) is 0 Å². The van der Waals surface area contributed by atoms with E-state index in [0.717, 1.165) is 18.2 Å². The first-order valence-electron chi connectivity index (χ1n) is 4.77. The Bertz CT molecular complexity index is 467. The number of nitrogen functional groups attached to an aromatic ring is 1. The van der Waals surface area contributed by atoms with E-state index in [0.29, 0.717) is 0 Å². The molecule has 0 radical (unpaired) electrons. The first-order valence-corrected chi connectivity index (χ1v) is 4.77. The number of carbonyl (C=O) groups is 1. The third-order valence-electron chi connectivity index (χ3n) is 2.03. The molecule has 0 saturated carbocycles. The predicted octanol–water partition coefficient (Wildman–Crippen LogP) is 0.875. The van der Waals surface area contributed by atoms with Crippen molar-refractivity contribution in [3.63, 3.8) is 0 Å². The van der Waals surface area contributed by atoms with Crippen LogP contribution in [0.4, 0.5) is 20.2 Å². The number of rotatable bonds is 5. The lowest BCUT2D eigenvalue weighted by molar-refractivity contribution is -0.384. The van der Waals surface area contributed by atoms with E-state index in [1.54, 1.807) is 0 Å². The molecule has 0 spiro atoms. The van der Waals surface area contributed by atoms with Crippen LogP contribution in [-0.2, 0) is 0 Å². The van der Waals surface area contributed by atoms with Crippen molar-refractivity contribution in [3.8, 4) is 0 Å². The Morgan fingerprint density at radius 1 is 1.50 bits per heavy atom. The molecule has 0 fully saturated rings. The first-order chi connectivity index (χ1) is 8.45. The summed E-state index contributed by atoms with van der Waals surface area (Å²) in [6, 6.07) is 3.32. The second-order valence-corrected chi connectivity index (χ2v) is 3.23. The van der Waals surface area contributed by atoms with Gasteiger partial charge < -0.3 is 10.7 Å². The Morgan fingerprint density at radius 2 is 2.17 bits per heavy atom. The number of anilines is 1. The number of alkyl halides is 2. The number of amides is 1. The van der Waals surface area contributed by atoms with Crippen molar-refractivity contribution in [1.82, 2.24) is 5.32 Å². The number of hydrazine groups is 1. The van der Waals surface area contributed by atoms with Crippen LogP contribution in [0.2, 0.25) is 0 Å². The highest BCUT2D eigenvalue weighted by Gasteiger charge is 2.16. The van der Waals surface area contributed by atoms with Crippen molar-refractivity contribution in [3.05, 3.63) is 33.9 Å². The highest BCUT2D eigenvalue weighted by molar-refractivity contribution is 5.95. The molecule has 1 aromatic rings.